The molecule has 2 aromatic carbocycles. The van der Waals surface area contributed by atoms with Gasteiger partial charge in [-0.15, -0.1) is 0 Å². The van der Waals surface area contributed by atoms with E-state index in [0.717, 1.165) is 55.4 Å². The third-order valence-corrected chi connectivity index (χ3v) is 10.2. The fourth-order valence-corrected chi connectivity index (χ4v) is 7.99. The van der Waals surface area contributed by atoms with Crippen molar-refractivity contribution in [1.29, 1.82) is 0 Å². The molecule has 214 valence electrons. The van der Waals surface area contributed by atoms with Gasteiger partial charge in [-0.2, -0.15) is 0 Å². The molecule has 4 atom stereocenters. The largest absolute Gasteiger partial charge is 0.497 e. The topological polar surface area (TPSA) is 55.8 Å². The number of carbonyl (C=O) groups is 1. The summed E-state index contributed by atoms with van der Waals surface area (Å²) in [6, 6.07) is 11.2. The Hall–Kier alpha value is -3.08. The first-order valence-electron chi connectivity index (χ1n) is 14.8. The number of aliphatic carboxylic acids is 1. The van der Waals surface area contributed by atoms with E-state index in [1.165, 1.54) is 17.2 Å². The lowest BCUT2D eigenvalue weighted by molar-refractivity contribution is -0.140. The highest BCUT2D eigenvalue weighted by atomic mass is 19.1. The van der Waals surface area contributed by atoms with Crippen LogP contribution in [0.25, 0.3) is 11.1 Å². The van der Waals surface area contributed by atoms with E-state index < -0.39 is 5.97 Å². The van der Waals surface area contributed by atoms with E-state index in [9.17, 15) is 9.90 Å². The highest BCUT2D eigenvalue weighted by Crippen LogP contribution is 2.57. The molecule has 0 spiro atoms. The summed E-state index contributed by atoms with van der Waals surface area (Å²) < 4.78 is 27.0. The van der Waals surface area contributed by atoms with Crippen LogP contribution in [0, 0.1) is 28.5 Å². The molecule has 0 bridgehead atoms. The van der Waals surface area contributed by atoms with Crippen molar-refractivity contribution < 1.29 is 23.8 Å². The van der Waals surface area contributed by atoms with Crippen LogP contribution in [0.5, 0.6) is 5.75 Å². The SMILES string of the molecule is CC[C@]1(CC(=O)O)CCC2=CC=C(OCc3ccc(-c4cc(OC)ccc4F)c([C@H]4CCCC4(C)C)c3)C(C)C21. The average molecular weight is 547 g/mol. The number of hydrogen-bond acceptors (Lipinski definition) is 3. The first-order valence-corrected chi connectivity index (χ1v) is 14.8. The lowest BCUT2D eigenvalue weighted by atomic mass is 9.66. The molecule has 2 unspecified atom stereocenters. The van der Waals surface area contributed by atoms with Gasteiger partial charge in [-0.1, -0.05) is 64.0 Å². The Morgan fingerprint density at radius 3 is 2.58 bits per heavy atom. The second kappa shape index (κ2) is 11.1. The van der Waals surface area contributed by atoms with E-state index in [1.54, 1.807) is 19.2 Å². The molecule has 0 saturated heterocycles. The Kier molecular flexibility index (Phi) is 7.87. The minimum Gasteiger partial charge on any atom is -0.497 e. The zero-order valence-corrected chi connectivity index (χ0v) is 24.6. The summed E-state index contributed by atoms with van der Waals surface area (Å²) in [5, 5.41) is 9.67. The maximum atomic E-state index is 15.1. The number of allylic oxidation sites excluding steroid dienone is 4. The van der Waals surface area contributed by atoms with Crippen molar-refractivity contribution in [2.45, 2.75) is 85.2 Å². The van der Waals surface area contributed by atoms with Crippen LogP contribution in [0.1, 0.15) is 89.7 Å². The Labute approximate surface area is 238 Å². The molecule has 2 fully saturated rings. The number of halogens is 1. The van der Waals surface area contributed by atoms with Crippen molar-refractivity contribution >= 4 is 5.97 Å². The van der Waals surface area contributed by atoms with Crippen molar-refractivity contribution in [3.63, 3.8) is 0 Å². The van der Waals surface area contributed by atoms with E-state index in [2.05, 4.69) is 45.9 Å². The molecule has 0 radical (unpaired) electrons. The van der Waals surface area contributed by atoms with Crippen molar-refractivity contribution in [2.75, 3.05) is 7.11 Å². The lowest BCUT2D eigenvalue weighted by Crippen LogP contribution is -2.34. The standard InChI is InChI=1S/C35H43FO4/c1-6-35(20-32(37)38)17-15-24-10-14-31(22(2)33(24)35)40-21-23-9-12-26(28-19-25(39-5)11-13-30(28)36)27(18-23)29-8-7-16-34(29,3)4/h9-14,18-19,22,29,33H,6-8,15-17,20-21H2,1-5H3,(H,37,38)/t22?,29-,33?,35-/m1/s1. The summed E-state index contributed by atoms with van der Waals surface area (Å²) in [4.78, 5) is 11.8. The zero-order chi connectivity index (χ0) is 28.7. The number of carboxylic acid groups (broad SMARTS) is 1. The van der Waals surface area contributed by atoms with Crippen molar-refractivity contribution in [3.05, 3.63) is 76.8 Å². The van der Waals surface area contributed by atoms with Crippen LogP contribution in [0.2, 0.25) is 0 Å². The summed E-state index contributed by atoms with van der Waals surface area (Å²) in [5.74, 6) is 1.24. The number of methoxy groups -OCH3 is 1. The molecule has 0 amide bonds. The van der Waals surface area contributed by atoms with Crippen LogP contribution in [0.3, 0.4) is 0 Å². The van der Waals surface area contributed by atoms with Crippen molar-refractivity contribution in [1.82, 2.24) is 0 Å². The summed E-state index contributed by atoms with van der Waals surface area (Å²) in [6.07, 6.45) is 10.6. The second-order valence-corrected chi connectivity index (χ2v) is 12.9. The van der Waals surface area contributed by atoms with Gasteiger partial charge < -0.3 is 14.6 Å². The van der Waals surface area contributed by atoms with Crippen molar-refractivity contribution in [3.8, 4) is 16.9 Å². The van der Waals surface area contributed by atoms with Crippen LogP contribution in [-0.2, 0) is 16.1 Å². The smallest absolute Gasteiger partial charge is 0.303 e. The van der Waals surface area contributed by atoms with Gasteiger partial charge in [-0.3, -0.25) is 4.79 Å². The van der Waals surface area contributed by atoms with Crippen LogP contribution < -0.4 is 4.74 Å². The maximum absolute atomic E-state index is 15.1. The van der Waals surface area contributed by atoms with Gasteiger partial charge in [0.25, 0.3) is 0 Å². The van der Waals surface area contributed by atoms with Crippen LogP contribution in [0.15, 0.2) is 59.9 Å². The fraction of sp³-hybridized carbons (Fsp3) is 0.514. The molecule has 2 saturated carbocycles. The fourth-order valence-electron chi connectivity index (χ4n) is 7.99. The number of rotatable bonds is 9. The predicted octanol–water partition coefficient (Wildman–Crippen LogP) is 9.05. The summed E-state index contributed by atoms with van der Waals surface area (Å²) >= 11 is 0. The third kappa shape index (κ3) is 5.20. The monoisotopic (exact) mass is 546 g/mol. The number of fused-ring (bicyclic) bond motifs is 1. The lowest BCUT2D eigenvalue weighted by Gasteiger charge is -2.39. The molecular formula is C35H43FO4. The Balaban J connectivity index is 1.43. The normalized spacial score (nSPS) is 27.1. The minimum atomic E-state index is -0.720. The summed E-state index contributed by atoms with van der Waals surface area (Å²) in [6.45, 7) is 9.36. The first-order chi connectivity index (χ1) is 19.1. The van der Waals surface area contributed by atoms with Gasteiger partial charge in [0, 0.05) is 11.5 Å². The van der Waals surface area contributed by atoms with E-state index in [4.69, 9.17) is 9.47 Å². The molecular weight excluding hydrogens is 503 g/mol. The van der Waals surface area contributed by atoms with Gasteiger partial charge >= 0.3 is 5.97 Å². The number of carboxylic acids is 1. The molecule has 5 heteroatoms. The predicted molar refractivity (Wildman–Crippen MR) is 157 cm³/mol. The van der Waals surface area contributed by atoms with Gasteiger partial charge in [0.2, 0.25) is 0 Å². The highest BCUT2D eigenvalue weighted by Gasteiger charge is 2.49. The number of ether oxygens (including phenoxy) is 2. The Bertz CT molecular complexity index is 1340. The minimum absolute atomic E-state index is 0.125. The van der Waals surface area contributed by atoms with E-state index in [1.807, 2.05) is 12.1 Å². The van der Waals surface area contributed by atoms with E-state index in [-0.39, 0.29) is 34.9 Å². The van der Waals surface area contributed by atoms with Gasteiger partial charge in [0.1, 0.15) is 18.2 Å². The molecule has 0 heterocycles. The Morgan fingerprint density at radius 1 is 1.10 bits per heavy atom. The molecule has 1 N–H and O–H groups in total. The number of benzene rings is 2. The van der Waals surface area contributed by atoms with Gasteiger partial charge in [0.05, 0.1) is 19.3 Å². The quantitative estimate of drug-likeness (QED) is 0.341. The van der Waals surface area contributed by atoms with Crippen LogP contribution in [0.4, 0.5) is 4.39 Å². The third-order valence-electron chi connectivity index (χ3n) is 10.2. The van der Waals surface area contributed by atoms with Gasteiger partial charge in [0.15, 0.2) is 0 Å². The second-order valence-electron chi connectivity index (χ2n) is 12.9. The van der Waals surface area contributed by atoms with Crippen LogP contribution >= 0.6 is 0 Å². The van der Waals surface area contributed by atoms with Crippen molar-refractivity contribution in [2.24, 2.45) is 22.7 Å². The molecule has 0 aromatic heterocycles. The van der Waals surface area contributed by atoms with E-state index >= 15 is 4.39 Å². The molecule has 5 rings (SSSR count). The Morgan fingerprint density at radius 2 is 1.90 bits per heavy atom. The maximum Gasteiger partial charge on any atom is 0.303 e. The van der Waals surface area contributed by atoms with Gasteiger partial charge in [-0.05, 0) is 95.7 Å². The van der Waals surface area contributed by atoms with Gasteiger partial charge in [-0.25, -0.2) is 4.39 Å². The van der Waals surface area contributed by atoms with E-state index in [0.29, 0.717) is 23.8 Å². The zero-order valence-electron chi connectivity index (χ0n) is 24.6. The average Bonchev–Trinajstić information content (AvgIpc) is 3.48. The van der Waals surface area contributed by atoms with Crippen LogP contribution in [-0.4, -0.2) is 18.2 Å². The number of hydrogen-bond donors (Lipinski definition) is 1. The molecule has 2 aromatic rings. The molecule has 0 aliphatic heterocycles. The molecule has 4 nitrogen and oxygen atoms in total. The first kappa shape index (κ1) is 28.4. The molecule has 3 aliphatic carbocycles. The molecule has 40 heavy (non-hydrogen) atoms. The highest BCUT2D eigenvalue weighted by molar-refractivity contribution is 5.71. The summed E-state index contributed by atoms with van der Waals surface area (Å²) in [5.41, 5.74) is 4.99. The summed E-state index contributed by atoms with van der Waals surface area (Å²) in [7, 11) is 1.61. The molecule has 3 aliphatic rings.